The number of nitrogens with zero attached hydrogens (tertiary/aromatic N) is 4. The van der Waals surface area contributed by atoms with Crippen LogP contribution in [0.4, 0.5) is 0 Å². The first-order valence-electron chi connectivity index (χ1n) is 9.48. The van der Waals surface area contributed by atoms with Gasteiger partial charge in [0.2, 0.25) is 0 Å². The van der Waals surface area contributed by atoms with E-state index in [1.165, 1.54) is 25.5 Å². The van der Waals surface area contributed by atoms with E-state index < -0.39 is 0 Å². The summed E-state index contributed by atoms with van der Waals surface area (Å²) >= 11 is 0. The Hall–Kier alpha value is -2.44. The minimum absolute atomic E-state index is 0.125. The monoisotopic (exact) mass is 355 g/mol. The van der Waals surface area contributed by atoms with Gasteiger partial charge in [0.25, 0.3) is 11.5 Å². The van der Waals surface area contributed by atoms with Crippen LogP contribution in [0.1, 0.15) is 60.0 Å². The predicted molar refractivity (Wildman–Crippen MR) is 97.0 cm³/mol. The van der Waals surface area contributed by atoms with Crippen LogP contribution in [0.15, 0.2) is 23.4 Å². The second kappa shape index (κ2) is 7.05. The largest absolute Gasteiger partial charge is 0.338 e. The number of aromatic amines is 1. The number of hydrogen-bond donors (Lipinski definition) is 1. The van der Waals surface area contributed by atoms with Crippen LogP contribution >= 0.6 is 0 Å². The van der Waals surface area contributed by atoms with Gasteiger partial charge in [0, 0.05) is 44.1 Å². The average molecular weight is 355 g/mol. The molecule has 1 aliphatic carbocycles. The number of likely N-dealkylation sites (tertiary alicyclic amines) is 1. The third kappa shape index (κ3) is 3.30. The Morgan fingerprint density at radius 3 is 2.65 bits per heavy atom. The number of piperidine rings is 1. The maximum atomic E-state index is 12.6. The van der Waals surface area contributed by atoms with Crippen LogP contribution in [0.25, 0.3) is 0 Å². The lowest BCUT2D eigenvalue weighted by molar-refractivity contribution is 0.0707. The van der Waals surface area contributed by atoms with Crippen molar-refractivity contribution in [1.29, 1.82) is 0 Å². The third-order valence-corrected chi connectivity index (χ3v) is 5.73. The number of nitrogens with one attached hydrogen (secondary N) is 1. The van der Waals surface area contributed by atoms with E-state index in [1.54, 1.807) is 11.8 Å². The molecule has 2 aromatic rings. The first-order valence-corrected chi connectivity index (χ1v) is 9.48. The highest BCUT2D eigenvalue weighted by Crippen LogP contribution is 2.31. The molecule has 0 radical (unpaired) electrons. The zero-order valence-electron chi connectivity index (χ0n) is 15.1. The van der Waals surface area contributed by atoms with Crippen LogP contribution in [0.3, 0.4) is 0 Å². The number of rotatable bonds is 4. The molecular weight excluding hydrogens is 330 g/mol. The number of imidazole rings is 1. The molecule has 2 fully saturated rings. The van der Waals surface area contributed by atoms with Crippen LogP contribution in [0.5, 0.6) is 0 Å². The quantitative estimate of drug-likeness (QED) is 0.910. The molecule has 7 nitrogen and oxygen atoms in total. The van der Waals surface area contributed by atoms with E-state index in [0.717, 1.165) is 31.1 Å². The van der Waals surface area contributed by atoms with Gasteiger partial charge >= 0.3 is 0 Å². The number of amides is 1. The van der Waals surface area contributed by atoms with Gasteiger partial charge in [0.05, 0.1) is 0 Å². The molecule has 0 spiro atoms. The number of aromatic nitrogens is 4. The summed E-state index contributed by atoms with van der Waals surface area (Å²) in [5.74, 6) is 2.62. The fourth-order valence-corrected chi connectivity index (χ4v) is 3.94. The van der Waals surface area contributed by atoms with Crippen molar-refractivity contribution in [3.8, 4) is 0 Å². The zero-order chi connectivity index (χ0) is 18.1. The molecule has 4 rings (SSSR count). The lowest BCUT2D eigenvalue weighted by Gasteiger charge is -2.33. The molecule has 0 atom stereocenters. The maximum absolute atomic E-state index is 12.6. The average Bonchev–Trinajstić information content (AvgIpc) is 3.06. The number of H-pyrrole nitrogens is 1. The molecule has 3 heterocycles. The van der Waals surface area contributed by atoms with Gasteiger partial charge < -0.3 is 14.5 Å². The van der Waals surface area contributed by atoms with E-state index in [4.69, 9.17) is 0 Å². The second-order valence-electron chi connectivity index (χ2n) is 7.51. The standard InChI is InChI=1S/C19H25N5O2/c1-13-21-11-16(18(25)22-13)19(26)23-8-5-15(6-9-23)17-20-7-10-24(17)12-14-3-2-4-14/h7,10-11,14-15H,2-6,8-9,12H2,1H3,(H,21,22,25). The molecule has 2 aliphatic rings. The maximum Gasteiger partial charge on any atom is 0.263 e. The summed E-state index contributed by atoms with van der Waals surface area (Å²) in [4.78, 5) is 37.6. The minimum Gasteiger partial charge on any atom is -0.338 e. The van der Waals surface area contributed by atoms with Crippen molar-refractivity contribution < 1.29 is 4.79 Å². The summed E-state index contributed by atoms with van der Waals surface area (Å²) in [5.41, 5.74) is -0.235. The molecule has 0 aromatic carbocycles. The predicted octanol–water partition coefficient (Wildman–Crippen LogP) is 2.09. The Kier molecular flexibility index (Phi) is 4.61. The number of hydrogen-bond acceptors (Lipinski definition) is 4. The van der Waals surface area contributed by atoms with Crippen LogP contribution in [0.2, 0.25) is 0 Å². The molecule has 1 saturated carbocycles. The van der Waals surface area contributed by atoms with Gasteiger partial charge in [-0.2, -0.15) is 0 Å². The lowest BCUT2D eigenvalue weighted by atomic mass is 9.85. The van der Waals surface area contributed by atoms with E-state index in [0.29, 0.717) is 24.8 Å². The van der Waals surface area contributed by atoms with Gasteiger partial charge in [0.1, 0.15) is 17.2 Å². The second-order valence-corrected chi connectivity index (χ2v) is 7.51. The molecule has 0 unspecified atom stereocenters. The molecular formula is C19H25N5O2. The van der Waals surface area contributed by atoms with E-state index >= 15 is 0 Å². The third-order valence-electron chi connectivity index (χ3n) is 5.73. The Bertz CT molecular complexity index is 844. The van der Waals surface area contributed by atoms with Crippen molar-refractivity contribution >= 4 is 5.91 Å². The van der Waals surface area contributed by atoms with Gasteiger partial charge in [0.15, 0.2) is 0 Å². The van der Waals surface area contributed by atoms with Gasteiger partial charge in [-0.3, -0.25) is 9.59 Å². The fourth-order valence-electron chi connectivity index (χ4n) is 3.94. The smallest absolute Gasteiger partial charge is 0.263 e. The van der Waals surface area contributed by atoms with E-state index in [-0.39, 0.29) is 17.0 Å². The number of carbonyl (C=O) groups excluding carboxylic acids is 1. The molecule has 1 amide bonds. The Balaban J connectivity index is 1.40. The Labute approximate surface area is 152 Å². The Morgan fingerprint density at radius 2 is 2.00 bits per heavy atom. The minimum atomic E-state index is -0.360. The number of carbonyl (C=O) groups is 1. The van der Waals surface area contributed by atoms with Gasteiger partial charge in [-0.05, 0) is 38.5 Å². The highest BCUT2D eigenvalue weighted by molar-refractivity contribution is 5.93. The van der Waals surface area contributed by atoms with Crippen LogP contribution in [-0.4, -0.2) is 43.4 Å². The number of aryl methyl sites for hydroxylation is 1. The van der Waals surface area contributed by atoms with Crippen molar-refractivity contribution in [2.75, 3.05) is 13.1 Å². The van der Waals surface area contributed by atoms with Crippen LogP contribution < -0.4 is 5.56 Å². The summed E-state index contributed by atoms with van der Waals surface area (Å²) < 4.78 is 2.31. The van der Waals surface area contributed by atoms with Gasteiger partial charge in [-0.15, -0.1) is 0 Å². The molecule has 1 saturated heterocycles. The van der Waals surface area contributed by atoms with Crippen molar-refractivity contribution in [2.45, 2.75) is 51.5 Å². The molecule has 7 heteroatoms. The SMILES string of the molecule is Cc1ncc(C(=O)N2CCC(c3nccn3CC3CCC3)CC2)c(=O)[nH]1. The van der Waals surface area contributed by atoms with Crippen molar-refractivity contribution in [1.82, 2.24) is 24.4 Å². The molecule has 1 aliphatic heterocycles. The van der Waals surface area contributed by atoms with Crippen LogP contribution in [-0.2, 0) is 6.54 Å². The molecule has 26 heavy (non-hydrogen) atoms. The van der Waals surface area contributed by atoms with Crippen LogP contribution in [0, 0.1) is 12.8 Å². The van der Waals surface area contributed by atoms with E-state index in [1.807, 2.05) is 6.20 Å². The van der Waals surface area contributed by atoms with Crippen molar-refractivity contribution in [3.05, 3.63) is 46.2 Å². The highest BCUT2D eigenvalue weighted by atomic mass is 16.2. The molecule has 138 valence electrons. The van der Waals surface area contributed by atoms with Gasteiger partial charge in [-0.1, -0.05) is 6.42 Å². The fraction of sp³-hybridized carbons (Fsp3) is 0.579. The summed E-state index contributed by atoms with van der Waals surface area (Å²) in [6.45, 7) is 4.06. The van der Waals surface area contributed by atoms with Crippen molar-refractivity contribution in [3.63, 3.8) is 0 Å². The first-order chi connectivity index (χ1) is 12.6. The summed E-state index contributed by atoms with van der Waals surface area (Å²) in [7, 11) is 0. The molecule has 2 aromatic heterocycles. The summed E-state index contributed by atoms with van der Waals surface area (Å²) in [6.07, 6.45) is 11.1. The summed E-state index contributed by atoms with van der Waals surface area (Å²) in [6, 6.07) is 0. The van der Waals surface area contributed by atoms with E-state index in [9.17, 15) is 9.59 Å². The normalized spacial score (nSPS) is 18.7. The Morgan fingerprint density at radius 1 is 1.23 bits per heavy atom. The molecule has 1 N–H and O–H groups in total. The zero-order valence-corrected chi connectivity index (χ0v) is 15.1. The molecule has 0 bridgehead atoms. The van der Waals surface area contributed by atoms with E-state index in [2.05, 4.69) is 25.7 Å². The highest BCUT2D eigenvalue weighted by Gasteiger charge is 2.29. The first kappa shape index (κ1) is 17.0. The summed E-state index contributed by atoms with van der Waals surface area (Å²) in [5, 5.41) is 0. The topological polar surface area (TPSA) is 83.9 Å². The lowest BCUT2D eigenvalue weighted by Crippen LogP contribution is -2.40. The van der Waals surface area contributed by atoms with Crippen molar-refractivity contribution in [2.24, 2.45) is 5.92 Å². The van der Waals surface area contributed by atoms with Gasteiger partial charge in [-0.25, -0.2) is 9.97 Å².